The first-order valence-electron chi connectivity index (χ1n) is 10.3. The minimum Gasteiger partial charge on any atom is -0.388 e. The summed E-state index contributed by atoms with van der Waals surface area (Å²) in [6.07, 6.45) is 7.81. The van der Waals surface area contributed by atoms with Crippen molar-refractivity contribution < 1.29 is 19.4 Å². The second-order valence-corrected chi connectivity index (χ2v) is 8.72. The zero-order valence-electron chi connectivity index (χ0n) is 16.9. The molecule has 0 radical (unpaired) electrons. The topological polar surface area (TPSA) is 88.9 Å². The Kier molecular flexibility index (Phi) is 5.48. The summed E-state index contributed by atoms with van der Waals surface area (Å²) < 4.78 is 13.4. The van der Waals surface area contributed by atoms with Gasteiger partial charge in [-0.25, -0.2) is 4.98 Å². The molecule has 156 valence electrons. The van der Waals surface area contributed by atoms with Crippen molar-refractivity contribution >= 4 is 5.91 Å². The second kappa shape index (κ2) is 7.74. The molecule has 8 heteroatoms. The molecule has 3 aliphatic rings. The van der Waals surface area contributed by atoms with Crippen LogP contribution >= 0.6 is 0 Å². The molecular weight excluding hydrogens is 360 g/mol. The molecule has 3 heterocycles. The maximum atomic E-state index is 12.0. The van der Waals surface area contributed by atoms with Gasteiger partial charge in [-0.2, -0.15) is 0 Å². The molecule has 2 N–H and O–H groups in total. The van der Waals surface area contributed by atoms with E-state index in [1.807, 2.05) is 13.1 Å². The van der Waals surface area contributed by atoms with Gasteiger partial charge in [0.1, 0.15) is 18.5 Å². The summed E-state index contributed by atoms with van der Waals surface area (Å²) in [4.78, 5) is 19.0. The summed E-state index contributed by atoms with van der Waals surface area (Å²) in [5, 5.41) is 14.1. The van der Waals surface area contributed by atoms with Crippen LogP contribution in [0.1, 0.15) is 50.9 Å². The smallest absolute Gasteiger partial charge is 0.246 e. The predicted octanol–water partition coefficient (Wildman–Crippen LogP) is 0.855. The molecule has 28 heavy (non-hydrogen) atoms. The van der Waals surface area contributed by atoms with E-state index in [4.69, 9.17) is 9.47 Å². The Labute approximate surface area is 166 Å². The molecule has 1 aromatic rings. The average molecular weight is 393 g/mol. The lowest BCUT2D eigenvalue weighted by atomic mass is 9.73. The number of hydrogen-bond donors (Lipinski definition) is 2. The van der Waals surface area contributed by atoms with Crippen molar-refractivity contribution in [1.29, 1.82) is 0 Å². The molecule has 1 amide bonds. The SMILES string of the molecule is COCC(=O)N[C@]1(C)CCOC2(CCN(Cc3nccn3C3CC3)CC2)[C@H]1O. The van der Waals surface area contributed by atoms with Crippen molar-refractivity contribution in [2.75, 3.05) is 33.4 Å². The Bertz CT molecular complexity index is 696. The molecule has 0 unspecified atom stereocenters. The lowest BCUT2D eigenvalue weighted by Crippen LogP contribution is -2.69. The van der Waals surface area contributed by atoms with Gasteiger partial charge in [-0.05, 0) is 39.0 Å². The van der Waals surface area contributed by atoms with E-state index in [1.165, 1.54) is 20.0 Å². The van der Waals surface area contributed by atoms with Crippen LogP contribution in [0.3, 0.4) is 0 Å². The average Bonchev–Trinajstić information content (AvgIpc) is 3.41. The first-order chi connectivity index (χ1) is 13.5. The Morgan fingerprint density at radius 2 is 2.14 bits per heavy atom. The highest BCUT2D eigenvalue weighted by atomic mass is 16.5. The number of hydrogen-bond acceptors (Lipinski definition) is 6. The third kappa shape index (κ3) is 3.83. The number of rotatable bonds is 6. The van der Waals surface area contributed by atoms with E-state index < -0.39 is 17.2 Å². The normalized spacial score (nSPS) is 30.5. The van der Waals surface area contributed by atoms with Gasteiger partial charge in [-0.1, -0.05) is 0 Å². The van der Waals surface area contributed by atoms with Crippen LogP contribution in [-0.4, -0.2) is 76.1 Å². The van der Waals surface area contributed by atoms with Crippen molar-refractivity contribution in [2.45, 2.75) is 68.9 Å². The number of aromatic nitrogens is 2. The van der Waals surface area contributed by atoms with Crippen molar-refractivity contribution in [1.82, 2.24) is 19.8 Å². The van der Waals surface area contributed by atoms with Crippen LogP contribution in [-0.2, 0) is 20.8 Å². The number of imidazole rings is 1. The van der Waals surface area contributed by atoms with E-state index in [0.29, 0.717) is 19.1 Å². The number of methoxy groups -OCH3 is 1. The van der Waals surface area contributed by atoms with Gasteiger partial charge in [0, 0.05) is 45.2 Å². The number of nitrogens with one attached hydrogen (secondary N) is 1. The number of likely N-dealkylation sites (tertiary alicyclic amines) is 1. The van der Waals surface area contributed by atoms with Crippen LogP contribution < -0.4 is 5.32 Å². The lowest BCUT2D eigenvalue weighted by molar-refractivity contribution is -0.208. The van der Waals surface area contributed by atoms with Crippen LogP contribution in [0, 0.1) is 0 Å². The Morgan fingerprint density at radius 3 is 2.82 bits per heavy atom. The van der Waals surface area contributed by atoms with E-state index >= 15 is 0 Å². The minimum absolute atomic E-state index is 0.00239. The summed E-state index contributed by atoms with van der Waals surface area (Å²) >= 11 is 0. The third-order valence-electron chi connectivity index (χ3n) is 6.57. The molecule has 2 atom stereocenters. The van der Waals surface area contributed by atoms with Crippen molar-refractivity contribution in [3.8, 4) is 0 Å². The van der Waals surface area contributed by atoms with Gasteiger partial charge in [-0.3, -0.25) is 9.69 Å². The number of aliphatic hydroxyl groups is 1. The predicted molar refractivity (Wildman–Crippen MR) is 103 cm³/mol. The number of amides is 1. The van der Waals surface area contributed by atoms with Gasteiger partial charge < -0.3 is 24.5 Å². The molecule has 4 rings (SSSR count). The molecule has 1 saturated carbocycles. The molecular formula is C20H32N4O4. The molecule has 0 aromatic carbocycles. The number of carbonyl (C=O) groups is 1. The highest BCUT2D eigenvalue weighted by molar-refractivity contribution is 5.78. The first kappa shape index (κ1) is 19.8. The summed E-state index contributed by atoms with van der Waals surface area (Å²) in [5.41, 5.74) is -1.30. The van der Waals surface area contributed by atoms with E-state index in [2.05, 4.69) is 26.0 Å². The molecule has 1 aromatic heterocycles. The Hall–Kier alpha value is -1.48. The lowest BCUT2D eigenvalue weighted by Gasteiger charge is -2.53. The largest absolute Gasteiger partial charge is 0.388 e. The minimum atomic E-state index is -0.745. The van der Waals surface area contributed by atoms with E-state index in [9.17, 15) is 9.90 Å². The zero-order valence-corrected chi connectivity index (χ0v) is 16.9. The van der Waals surface area contributed by atoms with Crippen molar-refractivity contribution in [2.24, 2.45) is 0 Å². The summed E-state index contributed by atoms with van der Waals surface area (Å²) in [7, 11) is 1.49. The van der Waals surface area contributed by atoms with Crippen molar-refractivity contribution in [3.05, 3.63) is 18.2 Å². The maximum absolute atomic E-state index is 12.0. The fourth-order valence-corrected chi connectivity index (χ4v) is 4.74. The fraction of sp³-hybridized carbons (Fsp3) is 0.800. The van der Waals surface area contributed by atoms with Gasteiger partial charge >= 0.3 is 0 Å². The molecule has 0 bridgehead atoms. The fourth-order valence-electron chi connectivity index (χ4n) is 4.74. The van der Waals surface area contributed by atoms with Gasteiger partial charge in [-0.15, -0.1) is 0 Å². The Balaban J connectivity index is 1.38. The van der Waals surface area contributed by atoms with Gasteiger partial charge in [0.15, 0.2) is 0 Å². The van der Waals surface area contributed by atoms with E-state index in [1.54, 1.807) is 0 Å². The highest BCUT2D eigenvalue weighted by Gasteiger charge is 2.53. The number of nitrogens with zero attached hydrogens (tertiary/aromatic N) is 3. The van der Waals surface area contributed by atoms with Crippen LogP contribution in [0.4, 0.5) is 0 Å². The maximum Gasteiger partial charge on any atom is 0.246 e. The van der Waals surface area contributed by atoms with Crippen molar-refractivity contribution in [3.63, 3.8) is 0 Å². The molecule has 2 aliphatic heterocycles. The number of piperidine rings is 1. The van der Waals surface area contributed by atoms with Gasteiger partial charge in [0.05, 0.1) is 17.7 Å². The Morgan fingerprint density at radius 1 is 1.39 bits per heavy atom. The molecule has 1 spiro atoms. The first-order valence-corrected chi connectivity index (χ1v) is 10.3. The van der Waals surface area contributed by atoms with Gasteiger partial charge in [0.25, 0.3) is 0 Å². The summed E-state index contributed by atoms with van der Waals surface area (Å²) in [5.74, 6) is 0.922. The van der Waals surface area contributed by atoms with Gasteiger partial charge in [0.2, 0.25) is 5.91 Å². The highest BCUT2D eigenvalue weighted by Crippen LogP contribution is 2.40. The number of carbonyl (C=O) groups excluding carboxylic acids is 1. The van der Waals surface area contributed by atoms with E-state index in [0.717, 1.165) is 38.3 Å². The van der Waals surface area contributed by atoms with Crippen LogP contribution in [0.5, 0.6) is 0 Å². The monoisotopic (exact) mass is 392 g/mol. The van der Waals surface area contributed by atoms with Crippen LogP contribution in [0.25, 0.3) is 0 Å². The summed E-state index contributed by atoms with van der Waals surface area (Å²) in [6.45, 7) is 4.96. The molecule has 3 fully saturated rings. The van der Waals surface area contributed by atoms with Crippen LogP contribution in [0.15, 0.2) is 12.4 Å². The molecule has 1 aliphatic carbocycles. The standard InChI is InChI=1S/C20H32N4O4/c1-19(22-17(25)14-27-2)7-12-28-20(18(19)26)5-9-23(10-6-20)13-16-21-8-11-24(16)15-3-4-15/h8,11,15,18,26H,3-7,9-10,12-14H2,1-2H3,(H,22,25)/t18-,19+/m0/s1. The number of ether oxygens (including phenoxy) is 2. The third-order valence-corrected chi connectivity index (χ3v) is 6.57. The zero-order chi connectivity index (χ0) is 19.8. The summed E-state index contributed by atoms with van der Waals surface area (Å²) in [6, 6.07) is 0.633. The molecule has 8 nitrogen and oxygen atoms in total. The second-order valence-electron chi connectivity index (χ2n) is 8.72. The van der Waals surface area contributed by atoms with E-state index in [-0.39, 0.29) is 12.5 Å². The number of aliphatic hydroxyl groups excluding tert-OH is 1. The quantitative estimate of drug-likeness (QED) is 0.746. The molecule has 2 saturated heterocycles. The van der Waals surface area contributed by atoms with Crippen LogP contribution in [0.2, 0.25) is 0 Å².